The minimum absolute atomic E-state index is 0.0473. The largest absolute Gasteiger partial charge is 0.382 e. The molecule has 0 unspecified atom stereocenters. The zero-order chi connectivity index (χ0) is 14.0. The van der Waals surface area contributed by atoms with Gasteiger partial charge in [-0.05, 0) is 36.0 Å². The zero-order valence-corrected chi connectivity index (χ0v) is 12.3. The second-order valence-electron chi connectivity index (χ2n) is 3.73. The van der Waals surface area contributed by atoms with Crippen LogP contribution in [0.5, 0.6) is 0 Å². The van der Waals surface area contributed by atoms with E-state index in [9.17, 15) is 8.42 Å². The fourth-order valence-electron chi connectivity index (χ4n) is 1.31. The maximum atomic E-state index is 11.4. The molecule has 0 saturated carbocycles. The summed E-state index contributed by atoms with van der Waals surface area (Å²) in [6.07, 6.45) is 2.28. The van der Waals surface area contributed by atoms with Crippen molar-refractivity contribution >= 4 is 39.0 Å². The van der Waals surface area contributed by atoms with Gasteiger partial charge >= 0.3 is 0 Å². The normalized spacial score (nSPS) is 11.5. The lowest BCUT2D eigenvalue weighted by atomic mass is 10.4. The van der Waals surface area contributed by atoms with Gasteiger partial charge in [-0.25, -0.2) is 18.4 Å². The van der Waals surface area contributed by atoms with Gasteiger partial charge in [0.1, 0.15) is 10.7 Å². The Labute approximate surface area is 120 Å². The average molecular weight is 316 g/mol. The Balaban J connectivity index is 2.28. The van der Waals surface area contributed by atoms with Gasteiger partial charge in [0, 0.05) is 16.2 Å². The van der Waals surface area contributed by atoms with E-state index in [-0.39, 0.29) is 10.7 Å². The fraction of sp³-hybridized carbons (Fsp3) is 0.0909. The van der Waals surface area contributed by atoms with Crippen LogP contribution in [0.2, 0.25) is 5.02 Å². The lowest BCUT2D eigenvalue weighted by molar-refractivity contribution is 0.601. The van der Waals surface area contributed by atoms with Crippen molar-refractivity contribution in [2.75, 3.05) is 12.0 Å². The third-order valence-electron chi connectivity index (χ3n) is 2.18. The molecule has 0 fully saturated rings. The van der Waals surface area contributed by atoms with Crippen LogP contribution in [0, 0.1) is 0 Å². The van der Waals surface area contributed by atoms with Crippen molar-refractivity contribution in [2.24, 2.45) is 0 Å². The second kappa shape index (κ2) is 5.36. The summed E-state index contributed by atoms with van der Waals surface area (Å²) in [5, 5.41) is 1.02. The van der Waals surface area contributed by atoms with Crippen LogP contribution in [0.25, 0.3) is 0 Å². The van der Waals surface area contributed by atoms with Crippen molar-refractivity contribution < 1.29 is 8.42 Å². The van der Waals surface area contributed by atoms with E-state index in [0.29, 0.717) is 10.2 Å². The Morgan fingerprint density at radius 2 is 1.89 bits per heavy atom. The van der Waals surface area contributed by atoms with Gasteiger partial charge in [0.25, 0.3) is 0 Å². The molecule has 19 heavy (non-hydrogen) atoms. The highest BCUT2D eigenvalue weighted by molar-refractivity contribution is 7.99. The molecule has 2 aromatic rings. The molecule has 5 nitrogen and oxygen atoms in total. The summed E-state index contributed by atoms with van der Waals surface area (Å²) < 4.78 is 22.8. The number of hydrogen-bond donors (Lipinski definition) is 1. The van der Waals surface area contributed by atoms with Crippen molar-refractivity contribution in [3.8, 4) is 0 Å². The number of nitrogens with two attached hydrogens (primary N) is 1. The summed E-state index contributed by atoms with van der Waals surface area (Å²) in [7, 11) is -3.41. The molecule has 100 valence electrons. The summed E-state index contributed by atoms with van der Waals surface area (Å²) in [5.41, 5.74) is 5.62. The van der Waals surface area contributed by atoms with E-state index < -0.39 is 9.84 Å². The standard InChI is InChI=1S/C11H10ClN3O2S2/c1-19(16,17)9-6-14-11(15-10(9)13)18-8-4-2-7(12)3-5-8/h2-6H,1H3,(H2,13,14,15). The number of halogens is 1. The molecule has 0 bridgehead atoms. The molecule has 0 aliphatic carbocycles. The molecule has 0 aliphatic heterocycles. The molecule has 0 aliphatic rings. The van der Waals surface area contributed by atoms with Crippen LogP contribution >= 0.6 is 23.4 Å². The van der Waals surface area contributed by atoms with Crippen LogP contribution in [0.3, 0.4) is 0 Å². The summed E-state index contributed by atoms with van der Waals surface area (Å²) >= 11 is 7.06. The van der Waals surface area contributed by atoms with Crippen LogP contribution in [-0.4, -0.2) is 24.6 Å². The van der Waals surface area contributed by atoms with E-state index in [0.717, 1.165) is 11.2 Å². The van der Waals surface area contributed by atoms with Gasteiger partial charge in [0.05, 0.1) is 6.20 Å². The molecular weight excluding hydrogens is 306 g/mol. The highest BCUT2D eigenvalue weighted by atomic mass is 35.5. The average Bonchev–Trinajstić information content (AvgIpc) is 2.30. The fourth-order valence-corrected chi connectivity index (χ4v) is 2.84. The van der Waals surface area contributed by atoms with Crippen LogP contribution in [0.4, 0.5) is 5.82 Å². The van der Waals surface area contributed by atoms with E-state index in [4.69, 9.17) is 17.3 Å². The van der Waals surface area contributed by atoms with Gasteiger partial charge in [0.2, 0.25) is 0 Å². The first-order chi connectivity index (χ1) is 8.86. The van der Waals surface area contributed by atoms with E-state index in [1.165, 1.54) is 18.0 Å². The maximum Gasteiger partial charge on any atom is 0.194 e. The van der Waals surface area contributed by atoms with Crippen LogP contribution in [0.15, 0.2) is 45.4 Å². The first-order valence-corrected chi connectivity index (χ1v) is 8.21. The number of sulfone groups is 1. The molecule has 0 amide bonds. The van der Waals surface area contributed by atoms with E-state index >= 15 is 0 Å². The predicted octanol–water partition coefficient (Wildman–Crippen LogP) is 2.27. The molecule has 1 aromatic carbocycles. The van der Waals surface area contributed by atoms with Crippen LogP contribution in [0.1, 0.15) is 0 Å². The van der Waals surface area contributed by atoms with E-state index in [2.05, 4.69) is 9.97 Å². The number of nitrogen functional groups attached to an aromatic ring is 1. The Kier molecular flexibility index (Phi) is 3.98. The number of benzene rings is 1. The minimum atomic E-state index is -3.41. The van der Waals surface area contributed by atoms with Gasteiger partial charge in [-0.3, -0.25) is 0 Å². The van der Waals surface area contributed by atoms with Crippen molar-refractivity contribution in [1.82, 2.24) is 9.97 Å². The summed E-state index contributed by atoms with van der Waals surface area (Å²) in [6, 6.07) is 7.13. The Morgan fingerprint density at radius 3 is 2.42 bits per heavy atom. The van der Waals surface area contributed by atoms with Gasteiger partial charge in [-0.1, -0.05) is 11.6 Å². The van der Waals surface area contributed by atoms with Gasteiger partial charge in [-0.15, -0.1) is 0 Å². The third kappa shape index (κ3) is 3.59. The number of anilines is 1. The van der Waals surface area contributed by atoms with Crippen LogP contribution in [-0.2, 0) is 9.84 Å². The first-order valence-electron chi connectivity index (χ1n) is 5.12. The van der Waals surface area contributed by atoms with Crippen molar-refractivity contribution in [1.29, 1.82) is 0 Å². The summed E-state index contributed by atoms with van der Waals surface area (Å²) in [5.74, 6) is -0.0473. The number of nitrogens with zero attached hydrogens (tertiary/aromatic N) is 2. The quantitative estimate of drug-likeness (QED) is 0.874. The Hall–Kier alpha value is -1.31. The molecule has 0 saturated heterocycles. The van der Waals surface area contributed by atoms with Gasteiger partial charge in [-0.2, -0.15) is 0 Å². The maximum absolute atomic E-state index is 11.4. The lowest BCUT2D eigenvalue weighted by Gasteiger charge is -2.04. The van der Waals surface area contributed by atoms with E-state index in [1.54, 1.807) is 12.1 Å². The monoisotopic (exact) mass is 315 g/mol. The van der Waals surface area contributed by atoms with Crippen molar-refractivity contribution in [3.05, 3.63) is 35.5 Å². The molecule has 1 aromatic heterocycles. The smallest absolute Gasteiger partial charge is 0.194 e. The first kappa shape index (κ1) is 14.1. The summed E-state index contributed by atoms with van der Waals surface area (Å²) in [4.78, 5) is 8.78. The van der Waals surface area contributed by atoms with E-state index in [1.807, 2.05) is 12.1 Å². The predicted molar refractivity (Wildman–Crippen MR) is 75.1 cm³/mol. The molecule has 0 atom stereocenters. The van der Waals surface area contributed by atoms with Gasteiger partial charge < -0.3 is 5.73 Å². The molecule has 2 N–H and O–H groups in total. The Morgan fingerprint density at radius 1 is 1.26 bits per heavy atom. The molecule has 0 radical (unpaired) electrons. The topological polar surface area (TPSA) is 85.9 Å². The van der Waals surface area contributed by atoms with Crippen LogP contribution < -0.4 is 5.73 Å². The number of hydrogen-bond acceptors (Lipinski definition) is 6. The summed E-state index contributed by atoms with van der Waals surface area (Å²) in [6.45, 7) is 0. The third-order valence-corrected chi connectivity index (χ3v) is 4.44. The number of rotatable bonds is 3. The molecule has 1 heterocycles. The highest BCUT2D eigenvalue weighted by Crippen LogP contribution is 2.27. The second-order valence-corrected chi connectivity index (χ2v) is 7.19. The molecule has 8 heteroatoms. The number of aromatic nitrogens is 2. The zero-order valence-electron chi connectivity index (χ0n) is 9.87. The highest BCUT2D eigenvalue weighted by Gasteiger charge is 2.14. The molecule has 2 rings (SSSR count). The minimum Gasteiger partial charge on any atom is -0.382 e. The molecular formula is C11H10ClN3O2S2. The SMILES string of the molecule is CS(=O)(=O)c1cnc(Sc2ccc(Cl)cc2)nc1N. The molecule has 0 spiro atoms. The lowest BCUT2D eigenvalue weighted by Crippen LogP contribution is -2.06. The van der Waals surface area contributed by atoms with Gasteiger partial charge in [0.15, 0.2) is 15.0 Å². The Bertz CT molecular complexity index is 702. The van der Waals surface area contributed by atoms with Crippen molar-refractivity contribution in [3.63, 3.8) is 0 Å². The van der Waals surface area contributed by atoms with Crippen molar-refractivity contribution in [2.45, 2.75) is 14.9 Å².